The molecule has 0 aliphatic rings. The SMILES string of the molecule is COc1ccc(C=CC(=O)Oc2ccc(C=NNC(=O)c3ccccc3O)cc2)cc1. The van der Waals surface area contributed by atoms with Gasteiger partial charge in [0.2, 0.25) is 0 Å². The highest BCUT2D eigenvalue weighted by Crippen LogP contribution is 2.16. The van der Waals surface area contributed by atoms with E-state index >= 15 is 0 Å². The number of nitrogens with one attached hydrogen (secondary N) is 1. The highest BCUT2D eigenvalue weighted by Gasteiger charge is 2.08. The van der Waals surface area contributed by atoms with E-state index in [9.17, 15) is 14.7 Å². The average molecular weight is 416 g/mol. The molecule has 0 fully saturated rings. The van der Waals surface area contributed by atoms with Crippen LogP contribution in [-0.2, 0) is 4.79 Å². The summed E-state index contributed by atoms with van der Waals surface area (Å²) < 4.78 is 10.3. The van der Waals surface area contributed by atoms with Gasteiger partial charge in [-0.05, 0) is 65.7 Å². The molecular weight excluding hydrogens is 396 g/mol. The minimum absolute atomic E-state index is 0.123. The Hall–Kier alpha value is -4.39. The second kappa shape index (κ2) is 10.4. The van der Waals surface area contributed by atoms with Crippen LogP contribution in [0.15, 0.2) is 84.0 Å². The van der Waals surface area contributed by atoms with E-state index in [0.29, 0.717) is 11.3 Å². The largest absolute Gasteiger partial charge is 0.507 e. The van der Waals surface area contributed by atoms with Crippen LogP contribution < -0.4 is 14.9 Å². The fourth-order valence-corrected chi connectivity index (χ4v) is 2.54. The smallest absolute Gasteiger partial charge is 0.336 e. The van der Waals surface area contributed by atoms with Gasteiger partial charge in [-0.25, -0.2) is 10.2 Å². The fraction of sp³-hybridized carbons (Fsp3) is 0.0417. The van der Waals surface area contributed by atoms with Crippen molar-refractivity contribution in [3.63, 3.8) is 0 Å². The maximum absolute atomic E-state index is 12.0. The van der Waals surface area contributed by atoms with E-state index in [-0.39, 0.29) is 11.3 Å². The number of rotatable bonds is 7. The number of hydrogen-bond acceptors (Lipinski definition) is 6. The number of phenolic OH excluding ortho intramolecular Hbond substituents is 1. The molecule has 0 aliphatic carbocycles. The molecule has 3 rings (SSSR count). The van der Waals surface area contributed by atoms with Crippen LogP contribution in [0.3, 0.4) is 0 Å². The second-order valence-corrected chi connectivity index (χ2v) is 6.31. The summed E-state index contributed by atoms with van der Waals surface area (Å²) in [4.78, 5) is 23.9. The van der Waals surface area contributed by atoms with Gasteiger partial charge in [0.1, 0.15) is 17.2 Å². The number of aromatic hydroxyl groups is 1. The first-order valence-corrected chi connectivity index (χ1v) is 9.30. The Bertz CT molecular complexity index is 1100. The first-order chi connectivity index (χ1) is 15.0. The van der Waals surface area contributed by atoms with Gasteiger partial charge in [-0.15, -0.1) is 0 Å². The number of nitrogens with zero attached hydrogens (tertiary/aromatic N) is 1. The van der Waals surface area contributed by atoms with Gasteiger partial charge in [-0.1, -0.05) is 24.3 Å². The molecule has 7 nitrogen and oxygen atoms in total. The maximum atomic E-state index is 12.0. The Balaban J connectivity index is 1.51. The lowest BCUT2D eigenvalue weighted by molar-refractivity contribution is -0.128. The van der Waals surface area contributed by atoms with E-state index < -0.39 is 11.9 Å². The Morgan fingerprint density at radius 1 is 0.903 bits per heavy atom. The zero-order valence-corrected chi connectivity index (χ0v) is 16.7. The lowest BCUT2D eigenvalue weighted by Crippen LogP contribution is -2.17. The summed E-state index contributed by atoms with van der Waals surface area (Å²) >= 11 is 0. The number of benzene rings is 3. The number of carbonyl (C=O) groups excluding carboxylic acids is 2. The molecule has 31 heavy (non-hydrogen) atoms. The standard InChI is InChI=1S/C24H20N2O5/c1-30-19-11-6-17(7-12-19)10-15-23(28)31-20-13-8-18(9-14-20)16-25-26-24(29)21-4-2-3-5-22(21)27/h2-16,27H,1H3,(H,26,29). The van der Waals surface area contributed by atoms with Crippen molar-refractivity contribution in [2.24, 2.45) is 5.10 Å². The molecule has 0 saturated heterocycles. The molecule has 0 heterocycles. The number of ether oxygens (including phenoxy) is 2. The third-order valence-electron chi connectivity index (χ3n) is 4.15. The molecule has 0 aliphatic heterocycles. The predicted molar refractivity (Wildman–Crippen MR) is 117 cm³/mol. The number of hydrazone groups is 1. The van der Waals surface area contributed by atoms with E-state index in [1.54, 1.807) is 61.7 Å². The van der Waals surface area contributed by atoms with Crippen LogP contribution in [0.25, 0.3) is 6.08 Å². The van der Waals surface area contributed by atoms with Gasteiger partial charge in [0.25, 0.3) is 5.91 Å². The molecule has 0 bridgehead atoms. The lowest BCUT2D eigenvalue weighted by Gasteiger charge is -2.03. The van der Waals surface area contributed by atoms with Gasteiger partial charge in [-0.3, -0.25) is 4.79 Å². The van der Waals surface area contributed by atoms with Crippen molar-refractivity contribution in [2.75, 3.05) is 7.11 Å². The molecule has 0 unspecified atom stereocenters. The third-order valence-corrected chi connectivity index (χ3v) is 4.15. The number of methoxy groups -OCH3 is 1. The predicted octanol–water partition coefficient (Wildman–Crippen LogP) is 3.78. The van der Waals surface area contributed by atoms with Crippen molar-refractivity contribution >= 4 is 24.2 Å². The van der Waals surface area contributed by atoms with Gasteiger partial charge in [0.15, 0.2) is 0 Å². The maximum Gasteiger partial charge on any atom is 0.336 e. The molecule has 156 valence electrons. The number of amides is 1. The molecular formula is C24H20N2O5. The van der Waals surface area contributed by atoms with Gasteiger partial charge in [0.05, 0.1) is 18.9 Å². The Morgan fingerprint density at radius 3 is 2.23 bits per heavy atom. The molecule has 0 aromatic heterocycles. The molecule has 7 heteroatoms. The normalized spacial score (nSPS) is 10.9. The van der Waals surface area contributed by atoms with Crippen molar-refractivity contribution in [3.05, 3.63) is 95.6 Å². The van der Waals surface area contributed by atoms with Crippen LogP contribution in [0.2, 0.25) is 0 Å². The minimum Gasteiger partial charge on any atom is -0.507 e. The van der Waals surface area contributed by atoms with Crippen molar-refractivity contribution in [2.45, 2.75) is 0 Å². The monoisotopic (exact) mass is 416 g/mol. The number of para-hydroxylation sites is 1. The highest BCUT2D eigenvalue weighted by atomic mass is 16.5. The molecule has 2 N–H and O–H groups in total. The second-order valence-electron chi connectivity index (χ2n) is 6.31. The number of phenols is 1. The topological polar surface area (TPSA) is 97.2 Å². The quantitative estimate of drug-likeness (QED) is 0.201. The fourth-order valence-electron chi connectivity index (χ4n) is 2.54. The molecule has 3 aromatic carbocycles. The summed E-state index contributed by atoms with van der Waals surface area (Å²) in [5.74, 6) is -0.0426. The van der Waals surface area contributed by atoms with Crippen LogP contribution in [0.5, 0.6) is 17.2 Å². The van der Waals surface area contributed by atoms with E-state index in [0.717, 1.165) is 11.3 Å². The molecule has 1 amide bonds. The number of carbonyl (C=O) groups is 2. The first kappa shape index (κ1) is 21.3. The van der Waals surface area contributed by atoms with Crippen molar-refractivity contribution in [1.29, 1.82) is 0 Å². The Kier molecular flexibility index (Phi) is 7.16. The van der Waals surface area contributed by atoms with Gasteiger partial charge in [-0.2, -0.15) is 5.10 Å². The minimum atomic E-state index is -0.524. The summed E-state index contributed by atoms with van der Waals surface area (Å²) in [7, 11) is 1.59. The average Bonchev–Trinajstić information content (AvgIpc) is 2.79. The summed E-state index contributed by atoms with van der Waals surface area (Å²) in [5.41, 5.74) is 4.00. The molecule has 0 atom stereocenters. The van der Waals surface area contributed by atoms with Crippen LogP contribution >= 0.6 is 0 Å². The first-order valence-electron chi connectivity index (χ1n) is 9.30. The van der Waals surface area contributed by atoms with Gasteiger partial charge >= 0.3 is 5.97 Å². The van der Waals surface area contributed by atoms with Crippen LogP contribution in [0.4, 0.5) is 0 Å². The third kappa shape index (κ3) is 6.30. The summed E-state index contributed by atoms with van der Waals surface area (Å²) in [6.07, 6.45) is 4.43. The van der Waals surface area contributed by atoms with Crippen LogP contribution in [-0.4, -0.2) is 30.3 Å². The molecule has 0 saturated carbocycles. The van der Waals surface area contributed by atoms with Crippen molar-refractivity contribution < 1.29 is 24.2 Å². The number of esters is 1. The molecule has 0 spiro atoms. The van der Waals surface area contributed by atoms with E-state index in [1.807, 2.05) is 12.1 Å². The van der Waals surface area contributed by atoms with E-state index in [2.05, 4.69) is 10.5 Å². The number of hydrogen-bond donors (Lipinski definition) is 2. The summed E-state index contributed by atoms with van der Waals surface area (Å²) in [6.45, 7) is 0. The van der Waals surface area contributed by atoms with Crippen molar-refractivity contribution in [3.8, 4) is 17.2 Å². The molecule has 3 aromatic rings. The van der Waals surface area contributed by atoms with Gasteiger partial charge < -0.3 is 14.6 Å². The Morgan fingerprint density at radius 2 is 1.55 bits per heavy atom. The highest BCUT2D eigenvalue weighted by molar-refractivity contribution is 5.97. The van der Waals surface area contributed by atoms with E-state index in [4.69, 9.17) is 9.47 Å². The summed E-state index contributed by atoms with van der Waals surface area (Å²) in [5, 5.41) is 13.5. The lowest BCUT2D eigenvalue weighted by atomic mass is 10.2. The zero-order chi connectivity index (χ0) is 22.1. The Labute approximate surface area is 179 Å². The summed E-state index contributed by atoms with van der Waals surface area (Å²) in [6, 6.07) is 20.0. The van der Waals surface area contributed by atoms with E-state index in [1.165, 1.54) is 24.4 Å². The van der Waals surface area contributed by atoms with Crippen LogP contribution in [0.1, 0.15) is 21.5 Å². The zero-order valence-electron chi connectivity index (χ0n) is 16.7. The van der Waals surface area contributed by atoms with Crippen molar-refractivity contribution in [1.82, 2.24) is 5.43 Å². The molecule has 0 radical (unpaired) electrons. The van der Waals surface area contributed by atoms with Gasteiger partial charge in [0, 0.05) is 6.08 Å². The van der Waals surface area contributed by atoms with Crippen LogP contribution in [0, 0.1) is 0 Å².